The second-order valence-corrected chi connectivity index (χ2v) is 9.51. The van der Waals surface area contributed by atoms with E-state index in [-0.39, 0.29) is 29.7 Å². The summed E-state index contributed by atoms with van der Waals surface area (Å²) in [4.78, 5) is 41.5. The van der Waals surface area contributed by atoms with Crippen molar-refractivity contribution in [2.75, 3.05) is 24.5 Å². The summed E-state index contributed by atoms with van der Waals surface area (Å²) in [6.07, 6.45) is 2.93. The topological polar surface area (TPSA) is 69.7 Å². The monoisotopic (exact) mass is 487 g/mol. The number of anilines is 1. The van der Waals surface area contributed by atoms with E-state index in [4.69, 9.17) is 23.2 Å². The predicted molar refractivity (Wildman–Crippen MR) is 130 cm³/mol. The molecule has 0 aliphatic carbocycles. The highest BCUT2D eigenvalue weighted by molar-refractivity contribution is 6.42. The Labute approximate surface area is 203 Å². The highest BCUT2D eigenvalue weighted by Gasteiger charge is 2.30. The Morgan fingerprint density at radius 2 is 1.88 bits per heavy atom. The van der Waals surface area contributed by atoms with Crippen molar-refractivity contribution in [1.29, 1.82) is 0 Å². The van der Waals surface area contributed by atoms with Gasteiger partial charge in [0.1, 0.15) is 0 Å². The maximum atomic E-state index is 13.0. The minimum Gasteiger partial charge on any atom is -0.349 e. The lowest BCUT2D eigenvalue weighted by molar-refractivity contribution is -0.127. The van der Waals surface area contributed by atoms with Crippen LogP contribution < -0.4 is 10.2 Å². The predicted octanol–water partition coefficient (Wildman–Crippen LogP) is 4.85. The largest absolute Gasteiger partial charge is 0.349 e. The van der Waals surface area contributed by atoms with Crippen molar-refractivity contribution < 1.29 is 14.4 Å². The fraction of sp³-hybridized carbons (Fsp3) is 0.400. The Bertz CT molecular complexity index is 1070. The zero-order chi connectivity index (χ0) is 23.5. The number of amides is 3. The van der Waals surface area contributed by atoms with Crippen LogP contribution in [0.1, 0.15) is 54.6 Å². The van der Waals surface area contributed by atoms with E-state index in [2.05, 4.69) is 5.32 Å². The summed E-state index contributed by atoms with van der Waals surface area (Å²) in [7, 11) is 0. The molecular formula is C25H27Cl2N3O3. The second kappa shape index (κ2) is 10.1. The highest BCUT2D eigenvalue weighted by atomic mass is 35.5. The Morgan fingerprint density at radius 3 is 2.61 bits per heavy atom. The van der Waals surface area contributed by atoms with Gasteiger partial charge in [0.05, 0.1) is 22.0 Å². The van der Waals surface area contributed by atoms with Crippen LogP contribution in [0.5, 0.6) is 0 Å². The van der Waals surface area contributed by atoms with Crippen molar-refractivity contribution in [2.45, 2.75) is 38.6 Å². The van der Waals surface area contributed by atoms with Crippen LogP contribution in [0.25, 0.3) is 0 Å². The zero-order valence-electron chi connectivity index (χ0n) is 18.5. The van der Waals surface area contributed by atoms with E-state index in [0.717, 1.165) is 37.1 Å². The van der Waals surface area contributed by atoms with E-state index in [0.29, 0.717) is 35.1 Å². The summed E-state index contributed by atoms with van der Waals surface area (Å²) in [5.74, 6) is -0.368. The number of benzene rings is 2. The molecule has 0 spiro atoms. The first-order valence-corrected chi connectivity index (χ1v) is 12.0. The fourth-order valence-electron chi connectivity index (χ4n) is 4.49. The minimum absolute atomic E-state index is 0.0724. The van der Waals surface area contributed by atoms with E-state index in [1.807, 2.05) is 31.2 Å². The number of carbonyl (C=O) groups is 3. The SMILES string of the molecule is CC(NC(=O)C1CCCN(C(=O)c2ccc(Cl)c(Cl)c2)C1)c1cccc(N2CCCC2=O)c1. The van der Waals surface area contributed by atoms with Crippen molar-refractivity contribution in [3.8, 4) is 0 Å². The molecule has 2 fully saturated rings. The summed E-state index contributed by atoms with van der Waals surface area (Å²) < 4.78 is 0. The van der Waals surface area contributed by atoms with Gasteiger partial charge >= 0.3 is 0 Å². The molecule has 2 unspecified atom stereocenters. The summed E-state index contributed by atoms with van der Waals surface area (Å²) in [5, 5.41) is 3.82. The zero-order valence-corrected chi connectivity index (χ0v) is 20.0. The van der Waals surface area contributed by atoms with E-state index in [1.54, 1.807) is 28.0 Å². The summed E-state index contributed by atoms with van der Waals surface area (Å²) in [5.41, 5.74) is 2.28. The Morgan fingerprint density at radius 1 is 1.06 bits per heavy atom. The van der Waals surface area contributed by atoms with Crippen LogP contribution in [0, 0.1) is 5.92 Å². The van der Waals surface area contributed by atoms with Crippen LogP contribution in [0.3, 0.4) is 0 Å². The maximum absolute atomic E-state index is 13.0. The van der Waals surface area contributed by atoms with Crippen molar-refractivity contribution in [2.24, 2.45) is 5.92 Å². The molecule has 0 radical (unpaired) electrons. The van der Waals surface area contributed by atoms with E-state index in [9.17, 15) is 14.4 Å². The number of hydrogen-bond donors (Lipinski definition) is 1. The van der Waals surface area contributed by atoms with Gasteiger partial charge in [0, 0.05) is 37.3 Å². The smallest absolute Gasteiger partial charge is 0.253 e. The third kappa shape index (κ3) is 5.33. The van der Waals surface area contributed by atoms with E-state index >= 15 is 0 Å². The van der Waals surface area contributed by atoms with Crippen molar-refractivity contribution in [1.82, 2.24) is 10.2 Å². The molecule has 1 N–H and O–H groups in total. The molecule has 2 aliphatic heterocycles. The number of piperidine rings is 1. The van der Waals surface area contributed by atoms with Gasteiger partial charge in [-0.15, -0.1) is 0 Å². The van der Waals surface area contributed by atoms with E-state index in [1.165, 1.54) is 0 Å². The first kappa shape index (κ1) is 23.6. The standard InChI is InChI=1S/C25H27Cl2N3O3/c1-16(17-5-2-7-20(13-17)30-12-4-8-23(30)31)28-24(32)19-6-3-11-29(15-19)25(33)18-9-10-21(26)22(27)14-18/h2,5,7,9-10,13-14,16,19H,3-4,6,8,11-12,15H2,1H3,(H,28,32). The highest BCUT2D eigenvalue weighted by Crippen LogP contribution is 2.27. The molecule has 0 saturated carbocycles. The quantitative estimate of drug-likeness (QED) is 0.654. The van der Waals surface area contributed by atoms with Crippen LogP contribution in [0.2, 0.25) is 10.0 Å². The van der Waals surface area contributed by atoms with Crippen molar-refractivity contribution >= 4 is 46.6 Å². The number of nitrogens with zero attached hydrogens (tertiary/aromatic N) is 2. The molecule has 8 heteroatoms. The Balaban J connectivity index is 1.39. The third-order valence-electron chi connectivity index (χ3n) is 6.36. The van der Waals surface area contributed by atoms with Crippen LogP contribution in [-0.2, 0) is 9.59 Å². The molecule has 3 amide bonds. The molecule has 33 heavy (non-hydrogen) atoms. The molecule has 4 rings (SSSR count). The molecule has 2 saturated heterocycles. The molecule has 2 aromatic rings. The van der Waals surface area contributed by atoms with Gasteiger partial charge in [-0.2, -0.15) is 0 Å². The number of carbonyl (C=O) groups excluding carboxylic acids is 3. The summed E-state index contributed by atoms with van der Waals surface area (Å²) >= 11 is 12.0. The van der Waals surface area contributed by atoms with Crippen molar-refractivity contribution in [3.05, 3.63) is 63.6 Å². The van der Waals surface area contributed by atoms with Crippen LogP contribution in [0.15, 0.2) is 42.5 Å². The number of halogens is 2. The minimum atomic E-state index is -0.281. The molecule has 0 aromatic heterocycles. The average Bonchev–Trinajstić information content (AvgIpc) is 3.26. The lowest BCUT2D eigenvalue weighted by Crippen LogP contribution is -2.45. The van der Waals surface area contributed by atoms with Gasteiger partial charge in [0.25, 0.3) is 5.91 Å². The van der Waals surface area contributed by atoms with Crippen LogP contribution >= 0.6 is 23.2 Å². The van der Waals surface area contributed by atoms with Crippen LogP contribution in [-0.4, -0.2) is 42.3 Å². The number of nitrogens with one attached hydrogen (secondary N) is 1. The Kier molecular flexibility index (Phi) is 7.25. The van der Waals surface area contributed by atoms with Gasteiger partial charge in [-0.1, -0.05) is 35.3 Å². The van der Waals surface area contributed by atoms with Gasteiger partial charge in [0.15, 0.2) is 0 Å². The summed E-state index contributed by atoms with van der Waals surface area (Å²) in [6.45, 7) is 3.63. The first-order chi connectivity index (χ1) is 15.8. The maximum Gasteiger partial charge on any atom is 0.253 e. The van der Waals surface area contributed by atoms with Gasteiger partial charge in [-0.25, -0.2) is 0 Å². The molecule has 0 bridgehead atoms. The van der Waals surface area contributed by atoms with Crippen molar-refractivity contribution in [3.63, 3.8) is 0 Å². The molecule has 2 atom stereocenters. The number of likely N-dealkylation sites (tertiary alicyclic amines) is 1. The lowest BCUT2D eigenvalue weighted by Gasteiger charge is -2.33. The summed E-state index contributed by atoms with van der Waals surface area (Å²) in [6, 6.07) is 12.4. The average molecular weight is 488 g/mol. The molecule has 2 aliphatic rings. The molecule has 6 nitrogen and oxygen atoms in total. The molecule has 2 aromatic carbocycles. The third-order valence-corrected chi connectivity index (χ3v) is 7.10. The Hall–Kier alpha value is -2.57. The van der Waals surface area contributed by atoms with Gasteiger partial charge in [-0.05, 0) is 62.1 Å². The normalized spacial score (nSPS) is 19.5. The van der Waals surface area contributed by atoms with Gasteiger partial charge in [0.2, 0.25) is 11.8 Å². The molecular weight excluding hydrogens is 461 g/mol. The molecule has 174 valence electrons. The lowest BCUT2D eigenvalue weighted by atomic mass is 9.95. The second-order valence-electron chi connectivity index (χ2n) is 8.69. The van der Waals surface area contributed by atoms with Gasteiger partial charge in [-0.3, -0.25) is 14.4 Å². The van der Waals surface area contributed by atoms with Gasteiger partial charge < -0.3 is 15.1 Å². The number of rotatable bonds is 5. The number of hydrogen-bond acceptors (Lipinski definition) is 3. The molecule has 2 heterocycles. The first-order valence-electron chi connectivity index (χ1n) is 11.3. The fourth-order valence-corrected chi connectivity index (χ4v) is 4.78. The van der Waals surface area contributed by atoms with Crippen LogP contribution in [0.4, 0.5) is 5.69 Å². The van der Waals surface area contributed by atoms with E-state index < -0.39 is 0 Å².